The van der Waals surface area contributed by atoms with Crippen molar-refractivity contribution in [2.45, 2.75) is 0 Å². The van der Waals surface area contributed by atoms with Gasteiger partial charge in [-0.3, -0.25) is 0 Å². The third-order valence-corrected chi connectivity index (χ3v) is 11.3. The summed E-state index contributed by atoms with van der Waals surface area (Å²) >= 11 is 0. The van der Waals surface area contributed by atoms with Crippen LogP contribution in [0.4, 0.5) is 0 Å². The number of para-hydroxylation sites is 1. The van der Waals surface area contributed by atoms with Crippen molar-refractivity contribution in [3.05, 3.63) is 212 Å². The minimum atomic E-state index is 0.704. The Labute approximate surface area is 336 Å². The maximum atomic E-state index is 5.34. The summed E-state index contributed by atoms with van der Waals surface area (Å²) < 4.78 is 0. The molecule has 0 amide bonds. The van der Waals surface area contributed by atoms with Gasteiger partial charge in [0, 0.05) is 38.4 Å². The first kappa shape index (κ1) is 33.6. The van der Waals surface area contributed by atoms with E-state index in [0.717, 1.165) is 56.0 Å². The second kappa shape index (κ2) is 14.1. The second-order valence-electron chi connectivity index (χ2n) is 14.7. The average Bonchev–Trinajstić information content (AvgIpc) is 3.32. The van der Waals surface area contributed by atoms with Crippen molar-refractivity contribution in [1.82, 2.24) is 15.0 Å². The molecule has 0 fully saturated rings. The molecule has 2 heterocycles. The van der Waals surface area contributed by atoms with Gasteiger partial charge in [-0.15, -0.1) is 0 Å². The molecular weight excluding hydrogens is 703 g/mol. The molecule has 0 unspecified atom stereocenters. The Morgan fingerprint density at radius 2 is 0.621 bits per heavy atom. The van der Waals surface area contributed by atoms with Crippen molar-refractivity contribution in [2.24, 2.45) is 0 Å². The highest BCUT2D eigenvalue weighted by Gasteiger charge is 2.18. The maximum absolute atomic E-state index is 5.34. The summed E-state index contributed by atoms with van der Waals surface area (Å²) in [5.74, 6) is 0.704. The number of aromatic nitrogens is 3. The lowest BCUT2D eigenvalue weighted by Gasteiger charge is -2.16. The third kappa shape index (κ3) is 5.89. The molecule has 0 aliphatic rings. The van der Waals surface area contributed by atoms with Gasteiger partial charge in [0.1, 0.15) is 0 Å². The summed E-state index contributed by atoms with van der Waals surface area (Å²) in [6, 6.07) is 75.0. The van der Waals surface area contributed by atoms with E-state index in [1.807, 2.05) is 24.3 Å². The van der Waals surface area contributed by atoms with Crippen LogP contribution in [-0.4, -0.2) is 15.0 Å². The quantitative estimate of drug-likeness (QED) is 0.160. The normalized spacial score (nSPS) is 11.4. The number of benzene rings is 9. The Morgan fingerprint density at radius 3 is 1.16 bits per heavy atom. The highest BCUT2D eigenvalue weighted by atomic mass is 14.9. The van der Waals surface area contributed by atoms with Gasteiger partial charge in [-0.05, 0) is 55.9 Å². The molecule has 270 valence electrons. The van der Waals surface area contributed by atoms with Gasteiger partial charge < -0.3 is 0 Å². The first-order valence-electron chi connectivity index (χ1n) is 19.7. The molecule has 11 aromatic rings. The van der Waals surface area contributed by atoms with Crippen LogP contribution in [0.25, 0.3) is 111 Å². The molecule has 0 saturated heterocycles. The summed E-state index contributed by atoms with van der Waals surface area (Å²) in [5.41, 5.74) is 12.6. The van der Waals surface area contributed by atoms with Gasteiger partial charge in [-0.2, -0.15) is 0 Å². The van der Waals surface area contributed by atoms with E-state index in [4.69, 9.17) is 15.0 Å². The second-order valence-corrected chi connectivity index (χ2v) is 14.7. The van der Waals surface area contributed by atoms with Crippen LogP contribution in [0, 0.1) is 0 Å². The van der Waals surface area contributed by atoms with Crippen molar-refractivity contribution in [3.63, 3.8) is 0 Å². The van der Waals surface area contributed by atoms with Gasteiger partial charge in [0.05, 0.1) is 22.6 Å². The summed E-state index contributed by atoms with van der Waals surface area (Å²) in [6.45, 7) is 0. The van der Waals surface area contributed by atoms with E-state index in [9.17, 15) is 0 Å². The van der Waals surface area contributed by atoms with Crippen LogP contribution in [-0.2, 0) is 0 Å². The zero-order chi connectivity index (χ0) is 38.4. The predicted molar refractivity (Wildman–Crippen MR) is 242 cm³/mol. The molecular formula is C55H35N3. The molecule has 2 aromatic heterocycles. The Bertz CT molecular complexity index is 3280. The van der Waals surface area contributed by atoms with Crippen LogP contribution >= 0.6 is 0 Å². The lowest BCUT2D eigenvalue weighted by atomic mass is 9.89. The Balaban J connectivity index is 0.968. The van der Waals surface area contributed by atoms with Crippen molar-refractivity contribution in [3.8, 4) is 67.4 Å². The molecule has 3 nitrogen and oxygen atoms in total. The van der Waals surface area contributed by atoms with Gasteiger partial charge in [-0.1, -0.05) is 200 Å². The lowest BCUT2D eigenvalue weighted by molar-refractivity contribution is 1.18. The van der Waals surface area contributed by atoms with Crippen molar-refractivity contribution in [2.75, 3.05) is 0 Å². The van der Waals surface area contributed by atoms with E-state index in [1.165, 1.54) is 48.8 Å². The van der Waals surface area contributed by atoms with Crippen molar-refractivity contribution < 1.29 is 0 Å². The van der Waals surface area contributed by atoms with E-state index in [-0.39, 0.29) is 0 Å². The molecule has 0 bridgehead atoms. The van der Waals surface area contributed by atoms with Crippen LogP contribution in [0.3, 0.4) is 0 Å². The molecule has 0 N–H and O–H groups in total. The number of pyridine rings is 1. The summed E-state index contributed by atoms with van der Waals surface area (Å²) in [5, 5.41) is 8.59. The minimum absolute atomic E-state index is 0.704. The smallest absolute Gasteiger partial charge is 0.160 e. The molecule has 9 aromatic carbocycles. The molecule has 0 atom stereocenters. The average molecular weight is 738 g/mol. The minimum Gasteiger partial charge on any atom is -0.247 e. The third-order valence-electron chi connectivity index (χ3n) is 11.3. The standard InChI is InChI=1S/C55H35N3/c1-3-13-36(14-4-1)37-23-29-40(30-24-37)50-35-51(58-55(57-50)43-15-5-2-6-16-43)41-31-25-38(26-32-41)39-27-33-42(34-28-39)54-53-47-20-10-8-18-45(47)44-17-7-9-19-46(44)52(53)48-21-11-12-22-49(48)56-54/h1-35H. The molecule has 0 saturated carbocycles. The molecule has 11 rings (SSSR count). The van der Waals surface area contributed by atoms with E-state index >= 15 is 0 Å². The summed E-state index contributed by atoms with van der Waals surface area (Å²) in [6.07, 6.45) is 0. The van der Waals surface area contributed by atoms with E-state index in [0.29, 0.717) is 5.82 Å². The SMILES string of the molecule is c1ccc(-c2ccc(-c3cc(-c4ccc(-c5ccc(-c6nc7ccccc7c7c8ccccc8c8ccccc8c67)cc5)cc4)nc(-c4ccccc4)n3)cc2)cc1. The van der Waals surface area contributed by atoms with Crippen LogP contribution in [0.15, 0.2) is 212 Å². The first-order valence-corrected chi connectivity index (χ1v) is 19.7. The van der Waals surface area contributed by atoms with Crippen LogP contribution < -0.4 is 0 Å². The summed E-state index contributed by atoms with van der Waals surface area (Å²) in [7, 11) is 0. The fraction of sp³-hybridized carbons (Fsp3) is 0. The number of nitrogens with zero attached hydrogens (tertiary/aromatic N) is 3. The van der Waals surface area contributed by atoms with E-state index < -0.39 is 0 Å². The van der Waals surface area contributed by atoms with Crippen LogP contribution in [0.1, 0.15) is 0 Å². The molecule has 58 heavy (non-hydrogen) atoms. The highest BCUT2D eigenvalue weighted by Crippen LogP contribution is 2.43. The monoisotopic (exact) mass is 737 g/mol. The van der Waals surface area contributed by atoms with Crippen molar-refractivity contribution in [1.29, 1.82) is 0 Å². The van der Waals surface area contributed by atoms with Crippen LogP contribution in [0.5, 0.6) is 0 Å². The molecule has 0 radical (unpaired) electrons. The Kier molecular flexibility index (Phi) is 8.15. The molecule has 0 aliphatic carbocycles. The van der Waals surface area contributed by atoms with Gasteiger partial charge in [0.25, 0.3) is 0 Å². The number of hydrogen-bond acceptors (Lipinski definition) is 3. The summed E-state index contributed by atoms with van der Waals surface area (Å²) in [4.78, 5) is 15.5. The largest absolute Gasteiger partial charge is 0.247 e. The first-order chi connectivity index (χ1) is 28.7. The Morgan fingerprint density at radius 1 is 0.241 bits per heavy atom. The van der Waals surface area contributed by atoms with E-state index in [2.05, 4.69) is 188 Å². The maximum Gasteiger partial charge on any atom is 0.160 e. The zero-order valence-electron chi connectivity index (χ0n) is 31.5. The van der Waals surface area contributed by atoms with E-state index in [1.54, 1.807) is 0 Å². The fourth-order valence-corrected chi connectivity index (χ4v) is 8.41. The predicted octanol–water partition coefficient (Wildman–Crippen LogP) is 14.5. The zero-order valence-corrected chi connectivity index (χ0v) is 31.5. The van der Waals surface area contributed by atoms with Crippen molar-refractivity contribution >= 4 is 43.2 Å². The number of hydrogen-bond donors (Lipinski definition) is 0. The van der Waals surface area contributed by atoms with Gasteiger partial charge in [0.2, 0.25) is 0 Å². The van der Waals surface area contributed by atoms with Crippen LogP contribution in [0.2, 0.25) is 0 Å². The molecule has 0 aliphatic heterocycles. The molecule has 3 heteroatoms. The Hall–Kier alpha value is -7.75. The van der Waals surface area contributed by atoms with Gasteiger partial charge >= 0.3 is 0 Å². The van der Waals surface area contributed by atoms with Gasteiger partial charge in [-0.25, -0.2) is 15.0 Å². The lowest BCUT2D eigenvalue weighted by Crippen LogP contribution is -1.96. The highest BCUT2D eigenvalue weighted by molar-refractivity contribution is 6.33. The number of fused-ring (bicyclic) bond motifs is 8. The topological polar surface area (TPSA) is 38.7 Å². The fourth-order valence-electron chi connectivity index (χ4n) is 8.41. The number of rotatable bonds is 6. The molecule has 0 spiro atoms. The van der Waals surface area contributed by atoms with Gasteiger partial charge in [0.15, 0.2) is 5.82 Å².